The van der Waals surface area contributed by atoms with Crippen LogP contribution in [0.3, 0.4) is 0 Å². The molecular weight excluding hydrogens is 579 g/mol. The molecule has 0 aliphatic carbocycles. The van der Waals surface area contributed by atoms with Gasteiger partial charge in [-0.2, -0.15) is 5.10 Å². The SMILES string of the molecule is CCCCOc1ccc(C(=O)N/N=C/c2ccc(OC(=O)c3ccc(Cl)cc3)cc2OC(=O)c2ccc(Cl)cc2)cc1. The van der Waals surface area contributed by atoms with E-state index in [1.54, 1.807) is 48.5 Å². The van der Waals surface area contributed by atoms with Gasteiger partial charge in [0.05, 0.1) is 23.9 Å². The van der Waals surface area contributed by atoms with Crippen molar-refractivity contribution in [1.29, 1.82) is 0 Å². The van der Waals surface area contributed by atoms with Gasteiger partial charge in [-0.15, -0.1) is 0 Å². The van der Waals surface area contributed by atoms with E-state index in [1.807, 2.05) is 0 Å². The van der Waals surface area contributed by atoms with Crippen LogP contribution in [-0.4, -0.2) is 30.7 Å². The highest BCUT2D eigenvalue weighted by molar-refractivity contribution is 6.31. The van der Waals surface area contributed by atoms with Crippen LogP contribution in [-0.2, 0) is 0 Å². The van der Waals surface area contributed by atoms with Crippen molar-refractivity contribution >= 4 is 47.3 Å². The molecule has 8 nitrogen and oxygen atoms in total. The Bertz CT molecular complexity index is 1570. The van der Waals surface area contributed by atoms with Gasteiger partial charge in [0.2, 0.25) is 0 Å². The van der Waals surface area contributed by atoms with Gasteiger partial charge < -0.3 is 14.2 Å². The van der Waals surface area contributed by atoms with Crippen LogP contribution in [0.1, 0.15) is 56.4 Å². The summed E-state index contributed by atoms with van der Waals surface area (Å²) in [5, 5.41) is 4.96. The van der Waals surface area contributed by atoms with E-state index < -0.39 is 17.8 Å². The minimum absolute atomic E-state index is 0.0444. The summed E-state index contributed by atoms with van der Waals surface area (Å²) in [6, 6.07) is 23.5. The van der Waals surface area contributed by atoms with Crippen LogP contribution in [0.4, 0.5) is 0 Å². The number of hydrogen-bond donors (Lipinski definition) is 1. The number of benzene rings is 4. The van der Waals surface area contributed by atoms with Crippen molar-refractivity contribution < 1.29 is 28.6 Å². The number of nitrogens with one attached hydrogen (secondary N) is 1. The fraction of sp³-hybridized carbons (Fsp3) is 0.125. The smallest absolute Gasteiger partial charge is 0.343 e. The minimum atomic E-state index is -0.673. The number of halogens is 2. The first-order chi connectivity index (χ1) is 20.3. The summed E-state index contributed by atoms with van der Waals surface area (Å²) >= 11 is 11.8. The molecule has 4 aromatic rings. The van der Waals surface area contributed by atoms with Crippen molar-refractivity contribution in [1.82, 2.24) is 5.43 Å². The van der Waals surface area contributed by atoms with E-state index in [2.05, 4.69) is 17.5 Å². The highest BCUT2D eigenvalue weighted by atomic mass is 35.5. The van der Waals surface area contributed by atoms with Gasteiger partial charge in [-0.05, 0) is 91.3 Å². The van der Waals surface area contributed by atoms with Gasteiger partial charge in [0.25, 0.3) is 5.91 Å². The molecule has 0 fully saturated rings. The standard InChI is InChI=1S/C32H26Cl2N2O6/c1-2-3-18-40-27-15-8-21(9-16-27)30(37)36-35-20-24-10-17-28(41-31(38)22-4-11-25(33)12-5-22)19-29(24)42-32(39)23-6-13-26(34)14-7-23/h4-17,19-20H,2-3,18H2,1H3,(H,36,37)/b35-20+. The molecule has 10 heteroatoms. The third kappa shape index (κ3) is 8.67. The Kier molecular flexibility index (Phi) is 10.7. The first-order valence-electron chi connectivity index (χ1n) is 13.0. The Morgan fingerprint density at radius 3 is 1.88 bits per heavy atom. The van der Waals surface area contributed by atoms with Crippen LogP contribution in [0.5, 0.6) is 17.2 Å². The summed E-state index contributed by atoms with van der Waals surface area (Å²) < 4.78 is 16.7. The van der Waals surface area contributed by atoms with Gasteiger partial charge in [0.1, 0.15) is 17.2 Å². The van der Waals surface area contributed by atoms with E-state index in [-0.39, 0.29) is 22.6 Å². The lowest BCUT2D eigenvalue weighted by Crippen LogP contribution is -2.17. The maximum Gasteiger partial charge on any atom is 0.343 e. The molecule has 42 heavy (non-hydrogen) atoms. The molecule has 4 rings (SSSR count). The summed E-state index contributed by atoms with van der Waals surface area (Å²) in [7, 11) is 0. The number of carbonyl (C=O) groups is 3. The molecule has 0 heterocycles. The van der Waals surface area contributed by atoms with Gasteiger partial charge in [-0.3, -0.25) is 4.79 Å². The van der Waals surface area contributed by atoms with Gasteiger partial charge in [0, 0.05) is 27.2 Å². The van der Waals surface area contributed by atoms with E-state index in [0.29, 0.717) is 33.5 Å². The molecule has 0 saturated carbocycles. The fourth-order valence-electron chi connectivity index (χ4n) is 3.53. The molecule has 0 saturated heterocycles. The summed E-state index contributed by atoms with van der Waals surface area (Å²) in [4.78, 5) is 38.0. The Morgan fingerprint density at radius 2 is 1.29 bits per heavy atom. The number of nitrogens with zero attached hydrogens (tertiary/aromatic N) is 1. The summed E-state index contributed by atoms with van der Waals surface area (Å²) in [6.45, 7) is 2.69. The molecule has 1 N–H and O–H groups in total. The van der Waals surface area contributed by atoms with E-state index in [4.69, 9.17) is 37.4 Å². The average Bonchev–Trinajstić information content (AvgIpc) is 2.99. The Balaban J connectivity index is 1.50. The molecule has 4 aromatic carbocycles. The lowest BCUT2D eigenvalue weighted by Gasteiger charge is -2.11. The predicted octanol–water partition coefficient (Wildman–Crippen LogP) is 7.37. The van der Waals surface area contributed by atoms with Gasteiger partial charge in [-0.1, -0.05) is 36.5 Å². The fourth-order valence-corrected chi connectivity index (χ4v) is 3.78. The monoisotopic (exact) mass is 604 g/mol. The number of hydrazone groups is 1. The van der Waals surface area contributed by atoms with E-state index in [0.717, 1.165) is 12.8 Å². The normalized spacial score (nSPS) is 10.7. The average molecular weight is 605 g/mol. The lowest BCUT2D eigenvalue weighted by atomic mass is 10.2. The Morgan fingerprint density at radius 1 is 0.738 bits per heavy atom. The molecule has 214 valence electrons. The molecule has 0 aromatic heterocycles. The Labute approximate surface area is 252 Å². The third-order valence-electron chi connectivity index (χ3n) is 5.81. The quantitative estimate of drug-likeness (QED) is 0.0630. The van der Waals surface area contributed by atoms with Crippen molar-refractivity contribution in [3.8, 4) is 17.2 Å². The van der Waals surface area contributed by atoms with Gasteiger partial charge >= 0.3 is 11.9 Å². The highest BCUT2D eigenvalue weighted by Crippen LogP contribution is 2.26. The molecule has 0 bridgehead atoms. The molecule has 0 unspecified atom stereocenters. The number of ether oxygens (including phenoxy) is 3. The molecule has 0 aliphatic heterocycles. The zero-order chi connectivity index (χ0) is 29.9. The number of unbranched alkanes of at least 4 members (excludes halogenated alkanes) is 1. The molecule has 1 amide bonds. The predicted molar refractivity (Wildman–Crippen MR) is 161 cm³/mol. The maximum atomic E-state index is 12.8. The lowest BCUT2D eigenvalue weighted by molar-refractivity contribution is 0.0732. The second-order valence-electron chi connectivity index (χ2n) is 8.92. The van der Waals surface area contributed by atoms with Crippen LogP contribution < -0.4 is 19.6 Å². The Hall–Kier alpha value is -4.66. The number of hydrogen-bond acceptors (Lipinski definition) is 7. The molecular formula is C32H26Cl2N2O6. The largest absolute Gasteiger partial charge is 0.494 e. The van der Waals surface area contributed by atoms with Gasteiger partial charge in [-0.25, -0.2) is 15.0 Å². The number of amides is 1. The molecule has 0 atom stereocenters. The molecule has 0 radical (unpaired) electrons. The van der Waals surface area contributed by atoms with Crippen LogP contribution >= 0.6 is 23.2 Å². The zero-order valence-electron chi connectivity index (χ0n) is 22.5. The topological polar surface area (TPSA) is 103 Å². The number of carbonyl (C=O) groups excluding carboxylic acids is 3. The first kappa shape index (κ1) is 30.3. The highest BCUT2D eigenvalue weighted by Gasteiger charge is 2.15. The first-order valence-corrected chi connectivity index (χ1v) is 13.7. The van der Waals surface area contributed by atoms with E-state index >= 15 is 0 Å². The summed E-state index contributed by atoms with van der Waals surface area (Å²) in [5.41, 5.74) is 3.71. The molecule has 0 aliphatic rings. The summed E-state index contributed by atoms with van der Waals surface area (Å²) in [5.74, 6) is -0.906. The number of rotatable bonds is 11. The van der Waals surface area contributed by atoms with E-state index in [1.165, 1.54) is 48.7 Å². The summed E-state index contributed by atoms with van der Waals surface area (Å²) in [6.07, 6.45) is 3.28. The second kappa shape index (κ2) is 14.8. The molecule has 0 spiro atoms. The minimum Gasteiger partial charge on any atom is -0.494 e. The van der Waals surface area contributed by atoms with Crippen LogP contribution in [0.15, 0.2) is 96.1 Å². The van der Waals surface area contributed by atoms with Gasteiger partial charge in [0.15, 0.2) is 0 Å². The van der Waals surface area contributed by atoms with Crippen molar-refractivity contribution in [3.63, 3.8) is 0 Å². The number of esters is 2. The third-order valence-corrected chi connectivity index (χ3v) is 6.31. The van der Waals surface area contributed by atoms with Crippen LogP contribution in [0, 0.1) is 0 Å². The van der Waals surface area contributed by atoms with E-state index in [9.17, 15) is 14.4 Å². The van der Waals surface area contributed by atoms with Crippen molar-refractivity contribution in [2.45, 2.75) is 19.8 Å². The zero-order valence-corrected chi connectivity index (χ0v) is 24.0. The second-order valence-corrected chi connectivity index (χ2v) is 9.79. The van der Waals surface area contributed by atoms with Crippen molar-refractivity contribution in [3.05, 3.63) is 123 Å². The van der Waals surface area contributed by atoms with Crippen LogP contribution in [0.2, 0.25) is 10.0 Å². The maximum absolute atomic E-state index is 12.8. The van der Waals surface area contributed by atoms with Crippen molar-refractivity contribution in [2.24, 2.45) is 5.10 Å². The van der Waals surface area contributed by atoms with Crippen LogP contribution in [0.25, 0.3) is 0 Å². The van der Waals surface area contributed by atoms with Crippen molar-refractivity contribution in [2.75, 3.05) is 6.61 Å².